The number of likely N-dealkylation sites (tertiary alicyclic amines) is 1. The van der Waals surface area contributed by atoms with Crippen molar-refractivity contribution in [1.29, 1.82) is 0 Å². The quantitative estimate of drug-likeness (QED) is 0.519. The van der Waals surface area contributed by atoms with Crippen LogP contribution in [0.1, 0.15) is 46.0 Å². The molecule has 3 unspecified atom stereocenters. The van der Waals surface area contributed by atoms with E-state index in [0.29, 0.717) is 19.4 Å². The van der Waals surface area contributed by atoms with Gasteiger partial charge < -0.3 is 20.0 Å². The molecule has 3 aliphatic rings. The van der Waals surface area contributed by atoms with E-state index in [4.69, 9.17) is 0 Å². The number of amides is 2. The highest BCUT2D eigenvalue weighted by molar-refractivity contribution is 8.02. The molecule has 2 amide bonds. The maximum absolute atomic E-state index is 13.8. The molecule has 0 aromatic rings. The standard InChI is InChI=1S/C21H32N2O5S/c1-4-7-13(3)22(10-5-2)19(26)17-21-9-8-14(29-21)15(20(27)28)16(21)18(25)23(17)11-6-12-24/h5,13-17,24H,2,4,6-12H2,1,3H3,(H,27,28)/t13?,14-,15+,16+,17?,21?/m1/s1. The van der Waals surface area contributed by atoms with Crippen molar-refractivity contribution in [2.45, 2.75) is 68.0 Å². The van der Waals surface area contributed by atoms with Crippen molar-refractivity contribution in [3.05, 3.63) is 12.7 Å². The lowest BCUT2D eigenvalue weighted by Crippen LogP contribution is -2.56. The predicted molar refractivity (Wildman–Crippen MR) is 111 cm³/mol. The van der Waals surface area contributed by atoms with Gasteiger partial charge in [0.25, 0.3) is 0 Å². The molecule has 8 heteroatoms. The van der Waals surface area contributed by atoms with E-state index in [-0.39, 0.29) is 36.3 Å². The van der Waals surface area contributed by atoms with Crippen molar-refractivity contribution in [2.75, 3.05) is 19.7 Å². The highest BCUT2D eigenvalue weighted by atomic mass is 32.2. The van der Waals surface area contributed by atoms with Crippen LogP contribution in [-0.2, 0) is 14.4 Å². The van der Waals surface area contributed by atoms with Crippen LogP contribution in [-0.4, -0.2) is 79.6 Å². The lowest BCUT2D eigenvalue weighted by atomic mass is 9.71. The van der Waals surface area contributed by atoms with E-state index in [9.17, 15) is 24.6 Å². The molecule has 3 fully saturated rings. The molecule has 0 aliphatic carbocycles. The summed E-state index contributed by atoms with van der Waals surface area (Å²) in [5.41, 5.74) is 0. The monoisotopic (exact) mass is 424 g/mol. The number of hydrogen-bond acceptors (Lipinski definition) is 5. The minimum absolute atomic E-state index is 0.00891. The van der Waals surface area contributed by atoms with Gasteiger partial charge in [-0.3, -0.25) is 14.4 Å². The Labute approximate surface area is 176 Å². The number of aliphatic carboxylic acids is 1. The minimum atomic E-state index is -0.945. The van der Waals surface area contributed by atoms with Crippen molar-refractivity contribution in [1.82, 2.24) is 9.80 Å². The van der Waals surface area contributed by atoms with Crippen LogP contribution in [0.15, 0.2) is 12.7 Å². The normalized spacial score (nSPS) is 33.6. The number of thioether (sulfide) groups is 1. The number of aliphatic hydroxyl groups is 1. The SMILES string of the molecule is C=CCN(C(=O)C1N(CCCO)C(=O)[C@@H]2[C@@H](C(=O)O)[C@H]3CCC12S3)C(C)CCC. The number of fused-ring (bicyclic) bond motifs is 1. The maximum atomic E-state index is 13.8. The first kappa shape index (κ1) is 22.2. The summed E-state index contributed by atoms with van der Waals surface area (Å²) in [5.74, 6) is -2.69. The third kappa shape index (κ3) is 3.48. The van der Waals surface area contributed by atoms with Crippen LogP contribution >= 0.6 is 11.8 Å². The second kappa shape index (κ2) is 8.68. The molecule has 2 bridgehead atoms. The van der Waals surface area contributed by atoms with Crippen molar-refractivity contribution in [3.8, 4) is 0 Å². The molecule has 6 atom stereocenters. The lowest BCUT2D eigenvalue weighted by molar-refractivity contribution is -0.148. The molecule has 162 valence electrons. The zero-order chi connectivity index (χ0) is 21.3. The number of aliphatic hydroxyl groups excluding tert-OH is 1. The first-order valence-electron chi connectivity index (χ1n) is 10.6. The van der Waals surface area contributed by atoms with Crippen molar-refractivity contribution < 1.29 is 24.6 Å². The fraction of sp³-hybridized carbons (Fsp3) is 0.762. The molecule has 3 saturated heterocycles. The lowest BCUT2D eigenvalue weighted by Gasteiger charge is -2.39. The van der Waals surface area contributed by atoms with Crippen LogP contribution in [0.3, 0.4) is 0 Å². The number of carboxylic acids is 1. The molecule has 0 saturated carbocycles. The first-order valence-corrected chi connectivity index (χ1v) is 11.4. The second-order valence-corrected chi connectivity index (χ2v) is 10.0. The zero-order valence-corrected chi connectivity index (χ0v) is 18.1. The molecule has 7 nitrogen and oxygen atoms in total. The van der Waals surface area contributed by atoms with Gasteiger partial charge in [-0.1, -0.05) is 19.4 Å². The van der Waals surface area contributed by atoms with E-state index >= 15 is 0 Å². The number of carbonyl (C=O) groups is 3. The van der Waals surface area contributed by atoms with Crippen LogP contribution in [0.4, 0.5) is 0 Å². The molecule has 1 spiro atoms. The van der Waals surface area contributed by atoms with Crippen molar-refractivity contribution in [2.24, 2.45) is 11.8 Å². The van der Waals surface area contributed by atoms with Gasteiger partial charge in [-0.2, -0.15) is 0 Å². The third-order valence-corrected chi connectivity index (χ3v) is 8.68. The summed E-state index contributed by atoms with van der Waals surface area (Å²) in [6.45, 7) is 8.46. The number of hydrogen-bond donors (Lipinski definition) is 2. The van der Waals surface area contributed by atoms with Gasteiger partial charge >= 0.3 is 5.97 Å². The second-order valence-electron chi connectivity index (χ2n) is 8.42. The molecule has 0 radical (unpaired) electrons. The number of carboxylic acid groups (broad SMARTS) is 1. The Morgan fingerprint density at radius 1 is 1.48 bits per heavy atom. The summed E-state index contributed by atoms with van der Waals surface area (Å²) in [6.07, 6.45) is 5.25. The Kier molecular flexibility index (Phi) is 6.63. The van der Waals surface area contributed by atoms with Gasteiger partial charge in [0.05, 0.1) is 16.6 Å². The van der Waals surface area contributed by atoms with Gasteiger partial charge in [0.15, 0.2) is 0 Å². The van der Waals surface area contributed by atoms with Gasteiger partial charge in [-0.25, -0.2) is 0 Å². The smallest absolute Gasteiger partial charge is 0.308 e. The summed E-state index contributed by atoms with van der Waals surface area (Å²) in [6, 6.07) is -0.667. The topological polar surface area (TPSA) is 98.2 Å². The van der Waals surface area contributed by atoms with Crippen LogP contribution in [0, 0.1) is 11.8 Å². The van der Waals surface area contributed by atoms with E-state index in [1.54, 1.807) is 27.6 Å². The van der Waals surface area contributed by atoms with E-state index in [1.807, 2.05) is 6.92 Å². The Balaban J connectivity index is 2.01. The number of carbonyl (C=O) groups excluding carboxylic acids is 2. The molecule has 3 rings (SSSR count). The van der Waals surface area contributed by atoms with E-state index in [1.165, 1.54) is 0 Å². The summed E-state index contributed by atoms with van der Waals surface area (Å²) in [5, 5.41) is 19.0. The van der Waals surface area contributed by atoms with Gasteiger partial charge in [0, 0.05) is 31.0 Å². The van der Waals surface area contributed by atoms with Gasteiger partial charge in [0.2, 0.25) is 11.8 Å². The van der Waals surface area contributed by atoms with Gasteiger partial charge in [-0.15, -0.1) is 18.3 Å². The summed E-state index contributed by atoms with van der Waals surface area (Å²) in [4.78, 5) is 42.5. The fourth-order valence-corrected chi connectivity index (χ4v) is 7.76. The Hall–Kier alpha value is -1.54. The largest absolute Gasteiger partial charge is 0.481 e. The van der Waals surface area contributed by atoms with E-state index in [2.05, 4.69) is 13.5 Å². The van der Waals surface area contributed by atoms with Crippen LogP contribution in [0.5, 0.6) is 0 Å². The molecule has 0 aromatic carbocycles. The molecule has 2 N–H and O–H groups in total. The fourth-order valence-electron chi connectivity index (χ4n) is 5.55. The van der Waals surface area contributed by atoms with Crippen molar-refractivity contribution in [3.63, 3.8) is 0 Å². The summed E-state index contributed by atoms with van der Waals surface area (Å²) < 4.78 is -0.678. The zero-order valence-electron chi connectivity index (χ0n) is 17.2. The Bertz CT molecular complexity index is 686. The average molecular weight is 425 g/mol. The predicted octanol–water partition coefficient (Wildman–Crippen LogP) is 1.75. The Morgan fingerprint density at radius 3 is 2.79 bits per heavy atom. The van der Waals surface area contributed by atoms with E-state index in [0.717, 1.165) is 19.3 Å². The minimum Gasteiger partial charge on any atom is -0.481 e. The number of nitrogens with zero attached hydrogens (tertiary/aromatic N) is 2. The molecular weight excluding hydrogens is 392 g/mol. The van der Waals surface area contributed by atoms with Crippen LogP contribution in [0.2, 0.25) is 0 Å². The van der Waals surface area contributed by atoms with Crippen molar-refractivity contribution >= 4 is 29.5 Å². The average Bonchev–Trinajstić information content (AvgIpc) is 3.31. The van der Waals surface area contributed by atoms with Gasteiger partial charge in [0.1, 0.15) is 6.04 Å². The van der Waals surface area contributed by atoms with E-state index < -0.39 is 28.6 Å². The summed E-state index contributed by atoms with van der Waals surface area (Å²) in [7, 11) is 0. The van der Waals surface area contributed by atoms with Crippen LogP contribution < -0.4 is 0 Å². The third-order valence-electron chi connectivity index (χ3n) is 6.72. The number of rotatable bonds is 10. The molecule has 0 aromatic heterocycles. The summed E-state index contributed by atoms with van der Waals surface area (Å²) >= 11 is 1.54. The first-order chi connectivity index (χ1) is 13.8. The highest BCUT2D eigenvalue weighted by Crippen LogP contribution is 2.66. The maximum Gasteiger partial charge on any atom is 0.308 e. The Morgan fingerprint density at radius 2 is 2.21 bits per heavy atom. The highest BCUT2D eigenvalue weighted by Gasteiger charge is 2.73. The molecule has 29 heavy (non-hydrogen) atoms. The van der Waals surface area contributed by atoms with Gasteiger partial charge in [-0.05, 0) is 32.6 Å². The van der Waals surface area contributed by atoms with Crippen LogP contribution in [0.25, 0.3) is 0 Å². The molecule has 3 heterocycles. The molecule has 3 aliphatic heterocycles. The molecular formula is C21H32N2O5S.